The van der Waals surface area contributed by atoms with Gasteiger partial charge in [0.05, 0.1) is 11.3 Å². The van der Waals surface area contributed by atoms with E-state index in [4.69, 9.17) is 14.2 Å². The van der Waals surface area contributed by atoms with Gasteiger partial charge in [-0.05, 0) is 48.7 Å². The van der Waals surface area contributed by atoms with Gasteiger partial charge in [-0.15, -0.1) is 11.8 Å². The van der Waals surface area contributed by atoms with Gasteiger partial charge in [-0.2, -0.15) is 0 Å². The highest BCUT2D eigenvalue weighted by atomic mass is 32.2. The van der Waals surface area contributed by atoms with Gasteiger partial charge in [-0.25, -0.2) is 4.79 Å². The zero-order valence-electron chi connectivity index (χ0n) is 21.6. The first kappa shape index (κ1) is 28.7. The summed E-state index contributed by atoms with van der Waals surface area (Å²) < 4.78 is 16.5. The zero-order valence-corrected chi connectivity index (χ0v) is 22.4. The molecule has 0 spiro atoms. The van der Waals surface area contributed by atoms with Gasteiger partial charge in [0.2, 0.25) is 0 Å². The van der Waals surface area contributed by atoms with Gasteiger partial charge in [0.25, 0.3) is 0 Å². The van der Waals surface area contributed by atoms with Crippen LogP contribution in [0, 0.1) is 23.7 Å². The highest BCUT2D eigenvalue weighted by molar-refractivity contribution is 7.99. The number of ether oxygens (including phenoxy) is 3. The molecular weight excluding hydrogens is 492 g/mol. The molecule has 0 aliphatic heterocycles. The Morgan fingerprint density at radius 2 is 1.58 bits per heavy atom. The van der Waals surface area contributed by atoms with E-state index in [0.29, 0.717) is 30.1 Å². The molecule has 0 radical (unpaired) electrons. The Hall–Kier alpha value is -3.90. The lowest BCUT2D eigenvalue weighted by Gasteiger charge is -2.14. The maximum Gasteiger partial charge on any atom is 0.345 e. The number of benzene rings is 3. The van der Waals surface area contributed by atoms with Crippen LogP contribution in [0.2, 0.25) is 0 Å². The fourth-order valence-electron chi connectivity index (χ4n) is 3.30. The molecule has 1 atom stereocenters. The molecule has 0 heterocycles. The molecule has 5 heteroatoms. The Kier molecular flexibility index (Phi) is 13.2. The average Bonchev–Trinajstić information content (AvgIpc) is 2.96. The highest BCUT2D eigenvalue weighted by Gasteiger charge is 2.17. The second kappa shape index (κ2) is 17.5. The van der Waals surface area contributed by atoms with Gasteiger partial charge in [-0.3, -0.25) is 0 Å². The Bertz CT molecular complexity index is 1250. The summed E-state index contributed by atoms with van der Waals surface area (Å²) in [7, 11) is 1.70. The predicted octanol–water partition coefficient (Wildman–Crippen LogP) is 6.68. The normalized spacial score (nSPS) is 11.3. The van der Waals surface area contributed by atoms with Crippen LogP contribution in [-0.2, 0) is 14.3 Å². The molecule has 3 rings (SSSR count). The molecule has 3 aromatic rings. The van der Waals surface area contributed by atoms with Crippen molar-refractivity contribution in [1.82, 2.24) is 0 Å². The molecule has 0 bridgehead atoms. The monoisotopic (exact) mass is 524 g/mol. The molecule has 0 N–H and O–H groups in total. The minimum atomic E-state index is -0.815. The first-order valence-corrected chi connectivity index (χ1v) is 13.5. The van der Waals surface area contributed by atoms with Crippen LogP contribution in [0.5, 0.6) is 5.75 Å². The van der Waals surface area contributed by atoms with Crippen molar-refractivity contribution in [3.63, 3.8) is 0 Å². The molecule has 4 nitrogen and oxygen atoms in total. The van der Waals surface area contributed by atoms with Crippen molar-refractivity contribution < 1.29 is 19.0 Å². The van der Waals surface area contributed by atoms with Gasteiger partial charge in [0.15, 0.2) is 12.7 Å². The topological polar surface area (TPSA) is 44.8 Å². The number of carbonyl (C=O) groups excluding carboxylic acids is 1. The first-order valence-electron chi connectivity index (χ1n) is 12.5. The summed E-state index contributed by atoms with van der Waals surface area (Å²) in [5.74, 6) is 13.4. The lowest BCUT2D eigenvalue weighted by Crippen LogP contribution is -2.23. The average molecular weight is 525 g/mol. The van der Waals surface area contributed by atoms with E-state index < -0.39 is 12.1 Å². The summed E-state index contributed by atoms with van der Waals surface area (Å²) in [6.45, 7) is 0.491. The number of carbonyl (C=O) groups is 1. The molecule has 38 heavy (non-hydrogen) atoms. The van der Waals surface area contributed by atoms with Crippen LogP contribution < -0.4 is 4.74 Å². The molecular formula is C33H32O4S. The fourth-order valence-corrected chi connectivity index (χ4v) is 3.97. The quantitative estimate of drug-likeness (QED) is 0.115. The number of hydrogen-bond acceptors (Lipinski definition) is 5. The van der Waals surface area contributed by atoms with E-state index >= 15 is 0 Å². The zero-order chi connectivity index (χ0) is 26.7. The lowest BCUT2D eigenvalue weighted by molar-refractivity contribution is -0.147. The summed E-state index contributed by atoms with van der Waals surface area (Å²) in [6, 6.07) is 29.1. The van der Waals surface area contributed by atoms with Crippen LogP contribution in [0.4, 0.5) is 0 Å². The number of hydrogen-bond donors (Lipinski definition) is 0. The Morgan fingerprint density at radius 3 is 2.29 bits per heavy atom. The minimum absolute atomic E-state index is 0.218. The van der Waals surface area contributed by atoms with Crippen molar-refractivity contribution >= 4 is 23.8 Å². The summed E-state index contributed by atoms with van der Waals surface area (Å²) >= 11 is 1.63. The third-order valence-corrected chi connectivity index (χ3v) is 6.07. The number of unbranched alkanes of at least 4 members (excludes halogenated alkanes) is 2. The standard InChI is InChI=1S/C33H32O4S/c1-35-24-14-3-2-9-18-29(26-28-16-7-4-8-17-28)32(23-15-25-38-31-21-12-6-13-22-31)37-33(34)27-36-30-19-10-5-11-20-30/h4-8,10-13,16-17,19-22,26,32H,2-3,14,24-25,27H2,1H3/b29-26-. The third kappa shape index (κ3) is 11.4. The van der Waals surface area contributed by atoms with Crippen molar-refractivity contribution in [2.45, 2.75) is 30.3 Å². The summed E-state index contributed by atoms with van der Waals surface area (Å²) in [4.78, 5) is 13.9. The molecule has 0 aromatic heterocycles. The van der Waals surface area contributed by atoms with Crippen LogP contribution >= 0.6 is 11.8 Å². The van der Waals surface area contributed by atoms with Gasteiger partial charge in [-0.1, -0.05) is 90.4 Å². The van der Waals surface area contributed by atoms with Crippen LogP contribution in [0.25, 0.3) is 6.08 Å². The number of methoxy groups -OCH3 is 1. The largest absolute Gasteiger partial charge is 0.482 e. The van der Waals surface area contributed by atoms with Crippen LogP contribution in [-0.4, -0.2) is 38.1 Å². The van der Waals surface area contributed by atoms with Crippen molar-refractivity contribution in [2.24, 2.45) is 0 Å². The number of thioether (sulfide) groups is 1. The Balaban J connectivity index is 1.79. The molecule has 0 amide bonds. The Labute approximate surface area is 230 Å². The van der Waals surface area contributed by atoms with Crippen molar-refractivity contribution in [3.05, 3.63) is 102 Å². The smallest absolute Gasteiger partial charge is 0.345 e. The molecule has 0 fully saturated rings. The molecule has 0 aliphatic carbocycles. The molecule has 0 saturated heterocycles. The second-order valence-corrected chi connectivity index (χ2v) is 9.21. The summed E-state index contributed by atoms with van der Waals surface area (Å²) in [5, 5.41) is 0. The van der Waals surface area contributed by atoms with E-state index in [1.54, 1.807) is 31.0 Å². The van der Waals surface area contributed by atoms with E-state index in [1.165, 1.54) is 0 Å². The number of rotatable bonds is 12. The van der Waals surface area contributed by atoms with Crippen molar-refractivity contribution in [2.75, 3.05) is 26.1 Å². The van der Waals surface area contributed by atoms with Gasteiger partial charge < -0.3 is 14.2 Å². The molecule has 3 aromatic carbocycles. The fraction of sp³-hybridized carbons (Fsp3) is 0.242. The van der Waals surface area contributed by atoms with Gasteiger partial charge in [0.1, 0.15) is 5.75 Å². The molecule has 0 saturated carbocycles. The molecule has 1 unspecified atom stereocenters. The predicted molar refractivity (Wildman–Crippen MR) is 155 cm³/mol. The van der Waals surface area contributed by atoms with E-state index in [9.17, 15) is 4.79 Å². The first-order chi connectivity index (χ1) is 18.7. The van der Waals surface area contributed by atoms with Crippen LogP contribution in [0.15, 0.2) is 101 Å². The molecule has 194 valence electrons. The third-order valence-electron chi connectivity index (χ3n) is 5.17. The highest BCUT2D eigenvalue weighted by Crippen LogP contribution is 2.17. The SMILES string of the molecule is COCCCCC#C/C(=C/c1ccccc1)C(C#CCSc1ccccc1)OC(=O)COc1ccccc1. The maximum absolute atomic E-state index is 12.8. The van der Waals surface area contributed by atoms with Gasteiger partial charge >= 0.3 is 5.97 Å². The van der Waals surface area contributed by atoms with Crippen molar-refractivity contribution in [1.29, 1.82) is 0 Å². The Morgan fingerprint density at radius 1 is 0.895 bits per heavy atom. The maximum atomic E-state index is 12.8. The van der Waals surface area contributed by atoms with E-state index in [1.807, 2.05) is 84.9 Å². The second-order valence-electron chi connectivity index (χ2n) is 8.16. The summed E-state index contributed by atoms with van der Waals surface area (Å²) in [6.07, 6.45) is 3.69. The number of esters is 1. The van der Waals surface area contributed by atoms with E-state index in [0.717, 1.165) is 23.3 Å². The van der Waals surface area contributed by atoms with Crippen molar-refractivity contribution in [3.8, 4) is 29.4 Å². The van der Waals surface area contributed by atoms with E-state index in [2.05, 4.69) is 23.7 Å². The van der Waals surface area contributed by atoms with Crippen LogP contribution in [0.1, 0.15) is 24.8 Å². The van der Waals surface area contributed by atoms with Gasteiger partial charge in [0, 0.05) is 25.0 Å². The van der Waals surface area contributed by atoms with E-state index in [-0.39, 0.29) is 6.61 Å². The molecule has 0 aliphatic rings. The lowest BCUT2D eigenvalue weighted by atomic mass is 10.1. The number of para-hydroxylation sites is 1. The van der Waals surface area contributed by atoms with Crippen LogP contribution in [0.3, 0.4) is 0 Å². The minimum Gasteiger partial charge on any atom is -0.482 e. The summed E-state index contributed by atoms with van der Waals surface area (Å²) in [5.41, 5.74) is 1.59.